The van der Waals surface area contributed by atoms with Crippen LogP contribution in [0.1, 0.15) is 42.2 Å². The van der Waals surface area contributed by atoms with Crippen molar-refractivity contribution >= 4 is 17.6 Å². The Bertz CT molecular complexity index is 760. The Labute approximate surface area is 153 Å². The van der Waals surface area contributed by atoms with E-state index in [4.69, 9.17) is 15.2 Å². The van der Waals surface area contributed by atoms with E-state index in [1.807, 2.05) is 44.2 Å². The molecule has 0 heterocycles. The Balaban J connectivity index is 2.16. The van der Waals surface area contributed by atoms with Crippen LogP contribution in [0.5, 0.6) is 5.75 Å². The molecule has 2 aromatic carbocycles. The van der Waals surface area contributed by atoms with Crippen LogP contribution in [-0.4, -0.2) is 25.1 Å². The molecule has 0 aromatic heterocycles. The van der Waals surface area contributed by atoms with Crippen molar-refractivity contribution < 1.29 is 19.1 Å². The summed E-state index contributed by atoms with van der Waals surface area (Å²) in [7, 11) is 1.30. The van der Waals surface area contributed by atoms with Crippen LogP contribution in [0.25, 0.3) is 0 Å². The van der Waals surface area contributed by atoms with Gasteiger partial charge in [0.1, 0.15) is 5.75 Å². The van der Waals surface area contributed by atoms with Crippen LogP contribution in [0.4, 0.5) is 5.69 Å². The van der Waals surface area contributed by atoms with Crippen molar-refractivity contribution in [3.05, 3.63) is 59.7 Å². The fraction of sp³-hybridized carbons (Fsp3) is 0.300. The van der Waals surface area contributed by atoms with E-state index in [2.05, 4.69) is 5.32 Å². The Kier molecular flexibility index (Phi) is 6.74. The third-order valence-corrected chi connectivity index (χ3v) is 3.67. The van der Waals surface area contributed by atoms with Crippen molar-refractivity contribution in [1.29, 1.82) is 0 Å². The Morgan fingerprint density at radius 3 is 2.42 bits per heavy atom. The topological polar surface area (TPSA) is 90.6 Å². The van der Waals surface area contributed by atoms with Crippen LogP contribution in [0.3, 0.4) is 0 Å². The number of nitrogens with one attached hydrogen (secondary N) is 1. The largest absolute Gasteiger partial charge is 0.489 e. The van der Waals surface area contributed by atoms with Crippen LogP contribution >= 0.6 is 0 Å². The summed E-state index contributed by atoms with van der Waals surface area (Å²) in [6, 6.07) is 13.7. The molecule has 3 N–H and O–H groups in total. The second-order valence-electron chi connectivity index (χ2n) is 6.14. The van der Waals surface area contributed by atoms with Crippen LogP contribution in [0, 0.1) is 0 Å². The molecule has 2 rings (SSSR count). The zero-order chi connectivity index (χ0) is 19.1. The lowest BCUT2D eigenvalue weighted by atomic mass is 10.0. The van der Waals surface area contributed by atoms with E-state index in [9.17, 15) is 9.59 Å². The smallest absolute Gasteiger partial charge is 0.337 e. The number of amides is 1. The number of benzene rings is 2. The van der Waals surface area contributed by atoms with Gasteiger partial charge in [-0.1, -0.05) is 30.3 Å². The van der Waals surface area contributed by atoms with Crippen molar-refractivity contribution in [1.82, 2.24) is 0 Å². The Hall–Kier alpha value is -2.86. The zero-order valence-corrected chi connectivity index (χ0v) is 15.2. The molecular weight excluding hydrogens is 332 g/mol. The molecule has 0 aliphatic rings. The second kappa shape index (κ2) is 9.01. The molecule has 2 aromatic rings. The number of nitrogens with two attached hydrogens (primary N) is 1. The van der Waals surface area contributed by atoms with Crippen LogP contribution in [-0.2, 0) is 9.53 Å². The van der Waals surface area contributed by atoms with Gasteiger partial charge in [-0.2, -0.15) is 0 Å². The molecule has 138 valence electrons. The quantitative estimate of drug-likeness (QED) is 0.743. The van der Waals surface area contributed by atoms with Crippen molar-refractivity contribution in [2.75, 3.05) is 12.4 Å². The number of anilines is 1. The third-order valence-electron chi connectivity index (χ3n) is 3.67. The average molecular weight is 356 g/mol. The minimum absolute atomic E-state index is 0.0822. The van der Waals surface area contributed by atoms with E-state index in [1.165, 1.54) is 13.2 Å². The maximum absolute atomic E-state index is 12.4. The number of methoxy groups -OCH3 is 1. The highest BCUT2D eigenvalue weighted by atomic mass is 16.5. The van der Waals surface area contributed by atoms with Crippen molar-refractivity contribution in [2.24, 2.45) is 5.73 Å². The van der Waals surface area contributed by atoms with Gasteiger partial charge in [0, 0.05) is 12.5 Å². The molecule has 0 saturated carbocycles. The van der Waals surface area contributed by atoms with Gasteiger partial charge in [-0.15, -0.1) is 0 Å². The van der Waals surface area contributed by atoms with Gasteiger partial charge < -0.3 is 20.5 Å². The summed E-state index contributed by atoms with van der Waals surface area (Å²) in [5.74, 6) is -0.274. The molecule has 0 aliphatic carbocycles. The highest BCUT2D eigenvalue weighted by Crippen LogP contribution is 2.28. The first kappa shape index (κ1) is 19.5. The molecule has 0 fully saturated rings. The van der Waals surface area contributed by atoms with Crippen LogP contribution in [0.2, 0.25) is 0 Å². The normalized spacial score (nSPS) is 11.7. The molecule has 1 atom stereocenters. The molecule has 0 spiro atoms. The summed E-state index contributed by atoms with van der Waals surface area (Å²) >= 11 is 0. The molecule has 26 heavy (non-hydrogen) atoms. The van der Waals surface area contributed by atoms with Crippen molar-refractivity contribution in [3.8, 4) is 5.75 Å². The molecule has 0 radical (unpaired) electrons. The summed E-state index contributed by atoms with van der Waals surface area (Å²) in [4.78, 5) is 24.2. The van der Waals surface area contributed by atoms with Crippen LogP contribution in [0.15, 0.2) is 48.5 Å². The minimum Gasteiger partial charge on any atom is -0.489 e. The molecule has 0 bridgehead atoms. The van der Waals surface area contributed by atoms with E-state index in [1.54, 1.807) is 12.1 Å². The number of ether oxygens (including phenoxy) is 2. The van der Waals surface area contributed by atoms with Gasteiger partial charge in [-0.05, 0) is 37.6 Å². The van der Waals surface area contributed by atoms with E-state index in [-0.39, 0.29) is 18.4 Å². The molecule has 1 unspecified atom stereocenters. The molecule has 1 amide bonds. The summed E-state index contributed by atoms with van der Waals surface area (Å²) in [5.41, 5.74) is 7.72. The number of hydrogen-bond acceptors (Lipinski definition) is 5. The summed E-state index contributed by atoms with van der Waals surface area (Å²) in [6.45, 7) is 3.76. The maximum atomic E-state index is 12.4. The van der Waals surface area contributed by atoms with Gasteiger partial charge in [-0.3, -0.25) is 4.79 Å². The zero-order valence-electron chi connectivity index (χ0n) is 15.2. The van der Waals surface area contributed by atoms with Gasteiger partial charge >= 0.3 is 5.97 Å². The van der Waals surface area contributed by atoms with E-state index < -0.39 is 12.0 Å². The monoisotopic (exact) mass is 356 g/mol. The fourth-order valence-electron chi connectivity index (χ4n) is 2.45. The van der Waals surface area contributed by atoms with Crippen molar-refractivity contribution in [3.63, 3.8) is 0 Å². The molecule has 6 nitrogen and oxygen atoms in total. The van der Waals surface area contributed by atoms with Gasteiger partial charge in [0.05, 0.1) is 24.5 Å². The Morgan fingerprint density at radius 2 is 1.81 bits per heavy atom. The lowest BCUT2D eigenvalue weighted by Crippen LogP contribution is -2.21. The predicted octanol–water partition coefficient (Wildman–Crippen LogP) is 3.29. The lowest BCUT2D eigenvalue weighted by Gasteiger charge is -2.17. The Morgan fingerprint density at radius 1 is 1.12 bits per heavy atom. The van der Waals surface area contributed by atoms with Gasteiger partial charge in [0.15, 0.2) is 0 Å². The predicted molar refractivity (Wildman–Crippen MR) is 100 cm³/mol. The van der Waals surface area contributed by atoms with E-state index in [0.717, 1.165) is 5.56 Å². The maximum Gasteiger partial charge on any atom is 0.337 e. The van der Waals surface area contributed by atoms with Gasteiger partial charge in [-0.25, -0.2) is 4.79 Å². The number of carbonyl (C=O) groups excluding carboxylic acids is 2. The number of esters is 1. The number of rotatable bonds is 7. The van der Waals surface area contributed by atoms with Crippen molar-refractivity contribution in [2.45, 2.75) is 32.4 Å². The van der Waals surface area contributed by atoms with E-state index >= 15 is 0 Å². The summed E-state index contributed by atoms with van der Waals surface area (Å²) in [6.07, 6.45) is 0.0225. The number of hydrogen-bond donors (Lipinski definition) is 2. The first-order valence-electron chi connectivity index (χ1n) is 8.40. The summed E-state index contributed by atoms with van der Waals surface area (Å²) < 4.78 is 10.4. The first-order valence-corrected chi connectivity index (χ1v) is 8.40. The highest BCUT2D eigenvalue weighted by Gasteiger charge is 2.16. The fourth-order valence-corrected chi connectivity index (χ4v) is 2.45. The van der Waals surface area contributed by atoms with Gasteiger partial charge in [0.25, 0.3) is 0 Å². The summed E-state index contributed by atoms with van der Waals surface area (Å²) in [5, 5.41) is 2.78. The number of carbonyl (C=O) groups is 2. The molecular formula is C20H24N2O4. The molecule has 6 heteroatoms. The average Bonchev–Trinajstić information content (AvgIpc) is 2.62. The lowest BCUT2D eigenvalue weighted by molar-refractivity contribution is -0.116. The second-order valence-corrected chi connectivity index (χ2v) is 6.14. The molecule has 0 saturated heterocycles. The SMILES string of the molecule is COC(=O)c1ccc(OC(C)C)c(NC(=O)CC(N)c2ccccc2)c1. The van der Waals surface area contributed by atoms with E-state index in [0.29, 0.717) is 17.0 Å². The first-order chi connectivity index (χ1) is 12.4. The van der Waals surface area contributed by atoms with Crippen LogP contribution < -0.4 is 15.8 Å². The standard InChI is InChI=1S/C20H24N2O4/c1-13(2)26-18-10-9-15(20(24)25-3)11-17(18)22-19(23)12-16(21)14-7-5-4-6-8-14/h4-11,13,16H,12,21H2,1-3H3,(H,22,23). The molecule has 0 aliphatic heterocycles. The minimum atomic E-state index is -0.488. The van der Waals surface area contributed by atoms with Gasteiger partial charge in [0.2, 0.25) is 5.91 Å². The highest BCUT2D eigenvalue weighted by molar-refractivity contribution is 5.96. The third kappa shape index (κ3) is 5.32.